The molecule has 0 atom stereocenters. The Kier molecular flexibility index (Phi) is 4.12. The lowest BCUT2D eigenvalue weighted by Gasteiger charge is -2.00. The Balaban J connectivity index is 2.40. The molecule has 1 aromatic heterocycles. The van der Waals surface area contributed by atoms with Gasteiger partial charge in [0.2, 0.25) is 0 Å². The van der Waals surface area contributed by atoms with Gasteiger partial charge in [-0.05, 0) is 18.6 Å². The molecule has 0 aliphatic carbocycles. The van der Waals surface area contributed by atoms with Crippen LogP contribution in [0.15, 0.2) is 24.5 Å². The minimum atomic E-state index is -0.0125. The van der Waals surface area contributed by atoms with Crippen molar-refractivity contribution < 1.29 is 9.53 Å². The SMILES string of the molecule is CCCOCC(=O)c1cccnc1. The maximum atomic E-state index is 11.4. The van der Waals surface area contributed by atoms with E-state index in [1.54, 1.807) is 24.5 Å². The Labute approximate surface area is 77.8 Å². The summed E-state index contributed by atoms with van der Waals surface area (Å²) < 4.78 is 5.12. The van der Waals surface area contributed by atoms with Gasteiger partial charge >= 0.3 is 0 Å². The first kappa shape index (κ1) is 9.86. The Morgan fingerprint density at radius 2 is 2.46 bits per heavy atom. The number of nitrogens with zero attached hydrogens (tertiary/aromatic N) is 1. The normalized spacial score (nSPS) is 9.92. The quantitative estimate of drug-likeness (QED) is 0.510. The average molecular weight is 179 g/mol. The summed E-state index contributed by atoms with van der Waals surface area (Å²) >= 11 is 0. The first-order valence-electron chi connectivity index (χ1n) is 4.35. The number of hydrogen-bond acceptors (Lipinski definition) is 3. The van der Waals surface area contributed by atoms with Gasteiger partial charge in [0.1, 0.15) is 6.61 Å². The topological polar surface area (TPSA) is 39.2 Å². The zero-order chi connectivity index (χ0) is 9.52. The van der Waals surface area contributed by atoms with Crippen LogP contribution >= 0.6 is 0 Å². The van der Waals surface area contributed by atoms with Crippen LogP contribution in [0.4, 0.5) is 0 Å². The zero-order valence-electron chi connectivity index (χ0n) is 7.69. The Morgan fingerprint density at radius 3 is 3.08 bits per heavy atom. The highest BCUT2D eigenvalue weighted by atomic mass is 16.5. The fourth-order valence-electron chi connectivity index (χ4n) is 0.920. The van der Waals surface area contributed by atoms with Crippen LogP contribution in [0.2, 0.25) is 0 Å². The lowest BCUT2D eigenvalue weighted by Crippen LogP contribution is -2.09. The van der Waals surface area contributed by atoms with Crippen LogP contribution in [0, 0.1) is 0 Å². The number of ether oxygens (including phenoxy) is 1. The lowest BCUT2D eigenvalue weighted by atomic mass is 10.2. The van der Waals surface area contributed by atoms with Gasteiger partial charge < -0.3 is 4.74 Å². The van der Waals surface area contributed by atoms with Gasteiger partial charge in [-0.1, -0.05) is 6.92 Å². The van der Waals surface area contributed by atoms with Crippen molar-refractivity contribution in [2.75, 3.05) is 13.2 Å². The number of carbonyl (C=O) groups excluding carboxylic acids is 1. The van der Waals surface area contributed by atoms with Crippen molar-refractivity contribution in [2.24, 2.45) is 0 Å². The molecule has 0 saturated carbocycles. The second-order valence-electron chi connectivity index (χ2n) is 2.72. The summed E-state index contributed by atoms with van der Waals surface area (Å²) in [6, 6.07) is 3.48. The minimum absolute atomic E-state index is 0.0125. The number of carbonyl (C=O) groups is 1. The molecule has 0 N–H and O–H groups in total. The molecule has 0 aliphatic heterocycles. The van der Waals surface area contributed by atoms with Crippen LogP contribution in [-0.2, 0) is 4.74 Å². The molecule has 1 heterocycles. The Bertz CT molecular complexity index is 259. The summed E-state index contributed by atoms with van der Waals surface area (Å²) in [4.78, 5) is 15.2. The highest BCUT2D eigenvalue weighted by Gasteiger charge is 2.04. The molecular weight excluding hydrogens is 166 g/mol. The molecule has 1 aromatic rings. The molecule has 0 radical (unpaired) electrons. The molecule has 0 spiro atoms. The molecule has 0 aliphatic rings. The molecule has 13 heavy (non-hydrogen) atoms. The predicted octanol–water partition coefficient (Wildman–Crippen LogP) is 1.69. The van der Waals surface area contributed by atoms with Gasteiger partial charge in [-0.15, -0.1) is 0 Å². The predicted molar refractivity (Wildman–Crippen MR) is 49.7 cm³/mol. The number of hydrogen-bond donors (Lipinski definition) is 0. The molecule has 0 saturated heterocycles. The standard InChI is InChI=1S/C10H13NO2/c1-2-6-13-8-10(12)9-4-3-5-11-7-9/h3-5,7H,2,6,8H2,1H3. The summed E-state index contributed by atoms with van der Waals surface area (Å²) in [6.07, 6.45) is 4.13. The van der Waals surface area contributed by atoms with Crippen molar-refractivity contribution in [3.8, 4) is 0 Å². The van der Waals surface area contributed by atoms with E-state index in [-0.39, 0.29) is 12.4 Å². The molecule has 3 nitrogen and oxygen atoms in total. The van der Waals surface area contributed by atoms with Crippen molar-refractivity contribution in [3.63, 3.8) is 0 Å². The smallest absolute Gasteiger partial charge is 0.190 e. The highest BCUT2D eigenvalue weighted by Crippen LogP contribution is 1.97. The second-order valence-corrected chi connectivity index (χ2v) is 2.72. The van der Waals surface area contributed by atoms with Crippen LogP contribution in [0.1, 0.15) is 23.7 Å². The summed E-state index contributed by atoms with van der Waals surface area (Å²) in [5, 5.41) is 0. The number of rotatable bonds is 5. The van der Waals surface area contributed by atoms with E-state index in [1.165, 1.54) is 0 Å². The lowest BCUT2D eigenvalue weighted by molar-refractivity contribution is 0.0761. The second kappa shape index (κ2) is 5.43. The van der Waals surface area contributed by atoms with Crippen LogP contribution in [0.5, 0.6) is 0 Å². The van der Waals surface area contributed by atoms with E-state index in [2.05, 4.69) is 4.98 Å². The summed E-state index contributed by atoms with van der Waals surface area (Å²) in [7, 11) is 0. The molecule has 1 rings (SSSR count). The fourth-order valence-corrected chi connectivity index (χ4v) is 0.920. The average Bonchev–Trinajstić information content (AvgIpc) is 2.19. The number of ketones is 1. The monoisotopic (exact) mass is 179 g/mol. The van der Waals surface area contributed by atoms with Gasteiger partial charge in [0.05, 0.1) is 0 Å². The van der Waals surface area contributed by atoms with E-state index in [1.807, 2.05) is 6.92 Å². The van der Waals surface area contributed by atoms with E-state index >= 15 is 0 Å². The minimum Gasteiger partial charge on any atom is -0.373 e. The van der Waals surface area contributed by atoms with Gasteiger partial charge in [-0.25, -0.2) is 0 Å². The van der Waals surface area contributed by atoms with Gasteiger partial charge in [-0.2, -0.15) is 0 Å². The molecule has 0 bridgehead atoms. The van der Waals surface area contributed by atoms with Crippen LogP contribution in [0.3, 0.4) is 0 Å². The largest absolute Gasteiger partial charge is 0.373 e. The van der Waals surface area contributed by atoms with Crippen LogP contribution in [-0.4, -0.2) is 24.0 Å². The summed E-state index contributed by atoms with van der Waals surface area (Å²) in [5.41, 5.74) is 0.610. The third-order valence-corrected chi connectivity index (χ3v) is 1.57. The molecule has 0 unspecified atom stereocenters. The van der Waals surface area contributed by atoms with Gasteiger partial charge in [-0.3, -0.25) is 9.78 Å². The maximum absolute atomic E-state index is 11.4. The van der Waals surface area contributed by atoms with Crippen molar-refractivity contribution in [3.05, 3.63) is 30.1 Å². The molecule has 0 fully saturated rings. The van der Waals surface area contributed by atoms with Gasteiger partial charge in [0, 0.05) is 24.6 Å². The number of aromatic nitrogens is 1. The van der Waals surface area contributed by atoms with Crippen molar-refractivity contribution in [1.82, 2.24) is 4.98 Å². The molecule has 3 heteroatoms. The van der Waals surface area contributed by atoms with Crippen LogP contribution < -0.4 is 0 Å². The van der Waals surface area contributed by atoms with E-state index in [4.69, 9.17) is 4.74 Å². The molecule has 0 amide bonds. The number of Topliss-reactive ketones (excluding diaryl/α,β-unsaturated/α-hetero) is 1. The summed E-state index contributed by atoms with van der Waals surface area (Å²) in [5.74, 6) is -0.0125. The van der Waals surface area contributed by atoms with Crippen molar-refractivity contribution in [1.29, 1.82) is 0 Å². The third kappa shape index (κ3) is 3.34. The Morgan fingerprint density at radius 1 is 1.62 bits per heavy atom. The number of pyridine rings is 1. The zero-order valence-corrected chi connectivity index (χ0v) is 7.69. The van der Waals surface area contributed by atoms with Gasteiger partial charge in [0.15, 0.2) is 5.78 Å². The fraction of sp³-hybridized carbons (Fsp3) is 0.400. The molecular formula is C10H13NO2. The Hall–Kier alpha value is -1.22. The van der Waals surface area contributed by atoms with E-state index in [0.717, 1.165) is 6.42 Å². The first-order chi connectivity index (χ1) is 6.34. The van der Waals surface area contributed by atoms with Gasteiger partial charge in [0.25, 0.3) is 0 Å². The van der Waals surface area contributed by atoms with Crippen molar-refractivity contribution in [2.45, 2.75) is 13.3 Å². The highest BCUT2D eigenvalue weighted by molar-refractivity contribution is 5.96. The van der Waals surface area contributed by atoms with E-state index in [9.17, 15) is 4.79 Å². The third-order valence-electron chi connectivity index (χ3n) is 1.57. The molecule has 0 aromatic carbocycles. The van der Waals surface area contributed by atoms with Crippen LogP contribution in [0.25, 0.3) is 0 Å². The maximum Gasteiger partial charge on any atom is 0.190 e. The summed E-state index contributed by atoms with van der Waals surface area (Å²) in [6.45, 7) is 2.79. The van der Waals surface area contributed by atoms with E-state index < -0.39 is 0 Å². The molecule has 70 valence electrons. The van der Waals surface area contributed by atoms with E-state index in [0.29, 0.717) is 12.2 Å². The first-order valence-corrected chi connectivity index (χ1v) is 4.35. The van der Waals surface area contributed by atoms with Crippen molar-refractivity contribution >= 4 is 5.78 Å².